The number of ether oxygens (including phenoxy) is 1. The molecule has 1 heterocycles. The van der Waals surface area contributed by atoms with E-state index in [9.17, 15) is 14.4 Å². The van der Waals surface area contributed by atoms with Crippen molar-refractivity contribution in [1.82, 2.24) is 5.32 Å². The number of methoxy groups -OCH3 is 1. The lowest BCUT2D eigenvalue weighted by Gasteiger charge is -2.26. The fourth-order valence-corrected chi connectivity index (χ4v) is 3.49. The molecule has 3 rings (SSSR count). The second kappa shape index (κ2) is 7.69. The van der Waals surface area contributed by atoms with Crippen LogP contribution in [0.15, 0.2) is 42.0 Å². The maximum atomic E-state index is 12.9. The number of imide groups is 2. The third kappa shape index (κ3) is 3.84. The molecular weight excluding hydrogens is 483 g/mol. The molecule has 6 nitrogen and oxygen atoms in total. The van der Waals surface area contributed by atoms with Crippen LogP contribution in [0.2, 0.25) is 5.02 Å². The molecule has 1 N–H and O–H groups in total. The molecule has 1 saturated heterocycles. The first-order valence-corrected chi connectivity index (χ1v) is 9.28. The average molecular weight is 497 g/mol. The van der Waals surface area contributed by atoms with Crippen molar-refractivity contribution in [1.29, 1.82) is 0 Å². The van der Waals surface area contributed by atoms with E-state index in [1.165, 1.54) is 12.1 Å². The summed E-state index contributed by atoms with van der Waals surface area (Å²) < 4.78 is 6.03. The van der Waals surface area contributed by atoms with E-state index in [2.05, 4.69) is 27.9 Å². The van der Waals surface area contributed by atoms with Gasteiger partial charge in [0.05, 0.1) is 16.4 Å². The highest BCUT2D eigenvalue weighted by Gasteiger charge is 2.36. The Hall–Kier alpha value is -2.39. The quantitative estimate of drug-likeness (QED) is 0.397. The van der Waals surface area contributed by atoms with Crippen molar-refractivity contribution < 1.29 is 19.1 Å². The van der Waals surface area contributed by atoms with Gasteiger partial charge in [-0.3, -0.25) is 14.9 Å². The zero-order chi connectivity index (χ0) is 19.7. The molecule has 0 bridgehead atoms. The summed E-state index contributed by atoms with van der Waals surface area (Å²) in [6.07, 6.45) is 1.44. The van der Waals surface area contributed by atoms with Crippen LogP contribution in [0.1, 0.15) is 11.1 Å². The van der Waals surface area contributed by atoms with Crippen molar-refractivity contribution in [2.75, 3.05) is 12.0 Å². The van der Waals surface area contributed by atoms with Gasteiger partial charge in [0.15, 0.2) is 0 Å². The average Bonchev–Trinajstić information content (AvgIpc) is 2.61. The topological polar surface area (TPSA) is 75.7 Å². The monoisotopic (exact) mass is 496 g/mol. The predicted octanol–water partition coefficient (Wildman–Crippen LogP) is 3.93. The lowest BCUT2D eigenvalue weighted by atomic mass is 10.1. The molecule has 1 aliphatic heterocycles. The molecule has 0 saturated carbocycles. The molecule has 2 aromatic rings. The number of hydrogen-bond acceptors (Lipinski definition) is 4. The van der Waals surface area contributed by atoms with Gasteiger partial charge < -0.3 is 4.74 Å². The molecule has 0 unspecified atom stereocenters. The van der Waals surface area contributed by atoms with E-state index in [-0.39, 0.29) is 11.3 Å². The number of rotatable bonds is 3. The Morgan fingerprint density at radius 3 is 2.52 bits per heavy atom. The van der Waals surface area contributed by atoms with E-state index in [1.54, 1.807) is 37.4 Å². The molecule has 0 atom stereocenters. The Bertz CT molecular complexity index is 1000. The Morgan fingerprint density at radius 2 is 1.89 bits per heavy atom. The second-order valence-corrected chi connectivity index (χ2v) is 7.35. The van der Waals surface area contributed by atoms with E-state index in [1.807, 2.05) is 6.92 Å². The first-order chi connectivity index (χ1) is 12.8. The van der Waals surface area contributed by atoms with Crippen molar-refractivity contribution >= 4 is 63.8 Å². The molecule has 8 heteroatoms. The van der Waals surface area contributed by atoms with Crippen molar-refractivity contribution in [3.05, 3.63) is 61.7 Å². The van der Waals surface area contributed by atoms with E-state index < -0.39 is 17.8 Å². The van der Waals surface area contributed by atoms with Crippen LogP contribution in [0.3, 0.4) is 0 Å². The molecule has 4 amide bonds. The molecule has 0 radical (unpaired) electrons. The minimum Gasteiger partial charge on any atom is -0.496 e. The highest BCUT2D eigenvalue weighted by molar-refractivity contribution is 14.1. The van der Waals surface area contributed by atoms with Gasteiger partial charge in [-0.05, 0) is 71.0 Å². The van der Waals surface area contributed by atoms with Crippen LogP contribution in [0.4, 0.5) is 10.5 Å². The zero-order valence-corrected chi connectivity index (χ0v) is 17.3. The Kier molecular flexibility index (Phi) is 5.52. The Labute approximate surface area is 174 Å². The van der Waals surface area contributed by atoms with Crippen LogP contribution in [-0.2, 0) is 9.59 Å². The number of nitrogens with one attached hydrogen (secondary N) is 1. The number of benzene rings is 2. The third-order valence-corrected chi connectivity index (χ3v) is 5.25. The molecule has 1 aliphatic rings. The van der Waals surface area contributed by atoms with Gasteiger partial charge in [0.2, 0.25) is 0 Å². The SMILES string of the molecule is COc1ccc(/C=C2/C(=O)NC(=O)N(c3ccc(C)c(Cl)c3)C2=O)cc1I. The van der Waals surface area contributed by atoms with E-state index in [0.29, 0.717) is 16.3 Å². The molecule has 2 aromatic carbocycles. The highest BCUT2D eigenvalue weighted by atomic mass is 127. The molecule has 27 heavy (non-hydrogen) atoms. The molecule has 0 aromatic heterocycles. The van der Waals surface area contributed by atoms with E-state index in [4.69, 9.17) is 16.3 Å². The van der Waals surface area contributed by atoms with E-state index >= 15 is 0 Å². The molecular formula is C19H14ClIN2O4. The summed E-state index contributed by atoms with van der Waals surface area (Å²) in [5.74, 6) is -0.775. The maximum absolute atomic E-state index is 12.9. The summed E-state index contributed by atoms with van der Waals surface area (Å²) in [6.45, 7) is 1.81. The number of amides is 4. The van der Waals surface area contributed by atoms with Crippen molar-refractivity contribution in [3.8, 4) is 5.75 Å². The van der Waals surface area contributed by atoms with E-state index in [0.717, 1.165) is 14.0 Å². The third-order valence-electron chi connectivity index (χ3n) is 4.00. The fourth-order valence-electron chi connectivity index (χ4n) is 2.55. The van der Waals surface area contributed by atoms with Gasteiger partial charge in [-0.2, -0.15) is 0 Å². The molecule has 1 fully saturated rings. The number of hydrogen-bond donors (Lipinski definition) is 1. The highest BCUT2D eigenvalue weighted by Crippen LogP contribution is 2.27. The zero-order valence-electron chi connectivity index (χ0n) is 14.4. The Balaban J connectivity index is 2.01. The number of carbonyl (C=O) groups excluding carboxylic acids is 3. The second-order valence-electron chi connectivity index (χ2n) is 5.79. The lowest BCUT2D eigenvalue weighted by molar-refractivity contribution is -0.122. The van der Waals surface area contributed by atoms with Crippen LogP contribution in [0, 0.1) is 10.5 Å². The van der Waals surface area contributed by atoms with Gasteiger partial charge in [-0.1, -0.05) is 23.7 Å². The van der Waals surface area contributed by atoms with Crippen LogP contribution >= 0.6 is 34.2 Å². The smallest absolute Gasteiger partial charge is 0.335 e. The number of anilines is 1. The van der Waals surface area contributed by atoms with Crippen LogP contribution in [0.25, 0.3) is 6.08 Å². The fraction of sp³-hybridized carbons (Fsp3) is 0.105. The maximum Gasteiger partial charge on any atom is 0.335 e. The summed E-state index contributed by atoms with van der Waals surface area (Å²) in [5, 5.41) is 2.61. The minimum absolute atomic E-state index is 0.146. The van der Waals surface area contributed by atoms with Gasteiger partial charge in [0, 0.05) is 5.02 Å². The van der Waals surface area contributed by atoms with Crippen LogP contribution in [-0.4, -0.2) is 25.0 Å². The number of halogens is 2. The number of carbonyl (C=O) groups is 3. The summed E-state index contributed by atoms with van der Waals surface area (Å²) in [5.41, 5.74) is 1.59. The largest absolute Gasteiger partial charge is 0.496 e. The van der Waals surface area contributed by atoms with Gasteiger partial charge in [0.1, 0.15) is 11.3 Å². The molecule has 0 aliphatic carbocycles. The predicted molar refractivity (Wildman–Crippen MR) is 111 cm³/mol. The van der Waals surface area contributed by atoms with Gasteiger partial charge >= 0.3 is 6.03 Å². The standard InChI is InChI=1S/C19H14ClIN2O4/c1-10-3-5-12(9-14(10)20)23-18(25)13(17(24)22-19(23)26)7-11-4-6-16(27-2)15(21)8-11/h3-9H,1-2H3,(H,22,24,26)/b13-7-. The summed E-state index contributed by atoms with van der Waals surface area (Å²) in [6, 6.07) is 9.23. The molecule has 138 valence electrons. The number of aryl methyl sites for hydroxylation is 1. The number of nitrogens with zero attached hydrogens (tertiary/aromatic N) is 1. The van der Waals surface area contributed by atoms with Crippen molar-refractivity contribution in [3.63, 3.8) is 0 Å². The van der Waals surface area contributed by atoms with Crippen molar-refractivity contribution in [2.24, 2.45) is 0 Å². The summed E-state index contributed by atoms with van der Waals surface area (Å²) >= 11 is 8.20. The summed E-state index contributed by atoms with van der Waals surface area (Å²) in [4.78, 5) is 38.2. The van der Waals surface area contributed by atoms with Gasteiger partial charge in [0.25, 0.3) is 11.8 Å². The van der Waals surface area contributed by atoms with Gasteiger partial charge in [-0.15, -0.1) is 0 Å². The minimum atomic E-state index is -0.814. The molecule has 0 spiro atoms. The van der Waals surface area contributed by atoms with Crippen LogP contribution < -0.4 is 15.0 Å². The van der Waals surface area contributed by atoms with Crippen molar-refractivity contribution in [2.45, 2.75) is 6.92 Å². The van der Waals surface area contributed by atoms with Gasteiger partial charge in [-0.25, -0.2) is 9.69 Å². The first kappa shape index (κ1) is 19.4. The lowest BCUT2D eigenvalue weighted by Crippen LogP contribution is -2.54. The Morgan fingerprint density at radius 1 is 1.15 bits per heavy atom. The summed E-state index contributed by atoms with van der Waals surface area (Å²) in [7, 11) is 1.56. The number of barbiturate groups is 1. The first-order valence-electron chi connectivity index (χ1n) is 7.83. The normalized spacial score (nSPS) is 15.9. The van der Waals surface area contributed by atoms with Crippen LogP contribution in [0.5, 0.6) is 5.75 Å². The number of urea groups is 1.